The largest absolute Gasteiger partial charge is 0.367 e. The molecule has 0 aromatic rings. The molecule has 0 radical (unpaired) electrons. The summed E-state index contributed by atoms with van der Waals surface area (Å²) in [5.74, 6) is 0. The molecule has 0 aliphatic rings. The predicted octanol–water partition coefficient (Wildman–Crippen LogP) is 24.9. The molecule has 416 valence electrons. The summed E-state index contributed by atoms with van der Waals surface area (Å²) in [7, 11) is 0. The van der Waals surface area contributed by atoms with Gasteiger partial charge in [-0.15, -0.1) is 0 Å². The van der Waals surface area contributed by atoms with Gasteiger partial charge >= 0.3 is 0 Å². The molecule has 1 nitrogen and oxygen atoms in total. The third-order valence-electron chi connectivity index (χ3n) is 22.9. The smallest absolute Gasteiger partial charge is 0.0746 e. The molecule has 0 saturated carbocycles. The highest BCUT2D eigenvalue weighted by Crippen LogP contribution is 2.70. The highest BCUT2D eigenvalue weighted by molar-refractivity contribution is 5.15. The molecular weight excluding hydrogens is 833 g/mol. The molecule has 0 unspecified atom stereocenters. The molecule has 0 N–H and O–H groups in total. The van der Waals surface area contributed by atoms with Gasteiger partial charge in [-0.3, -0.25) is 0 Å². The standard InChI is InChI=1S/C68H138O/c1-23-29-35-39-43-49-55-67(56-50-44-40-36-30-24-2,65(19,20)63(15,16)61(11,12)59(7,8)53-47-33-27-5)69-68(57-51-45-41-37-31-25-3,58-52-46-42-38-32-26-4)66(21,22)64(17,18)62(13,14)60(9,10)54-48-34-28-6/h23-58H2,1-22H3. The van der Waals surface area contributed by atoms with Crippen LogP contribution in [0.5, 0.6) is 0 Å². The summed E-state index contributed by atoms with van der Waals surface area (Å²) < 4.78 is 9.25. The van der Waals surface area contributed by atoms with E-state index in [2.05, 4.69) is 152 Å². The zero-order valence-electron chi connectivity index (χ0n) is 52.9. The van der Waals surface area contributed by atoms with Crippen molar-refractivity contribution in [3.8, 4) is 0 Å². The van der Waals surface area contributed by atoms with Crippen molar-refractivity contribution in [1.82, 2.24) is 0 Å². The third-order valence-corrected chi connectivity index (χ3v) is 22.9. The summed E-state index contributed by atoms with van der Waals surface area (Å²) in [6.07, 6.45) is 47.4. The Hall–Kier alpha value is -0.0400. The second-order valence-corrected chi connectivity index (χ2v) is 28.6. The predicted molar refractivity (Wildman–Crippen MR) is 317 cm³/mol. The lowest BCUT2D eigenvalue weighted by molar-refractivity contribution is -0.311. The molecule has 0 rings (SSSR count). The Labute approximate surface area is 440 Å². The van der Waals surface area contributed by atoms with Gasteiger partial charge in [-0.25, -0.2) is 0 Å². The number of unbranched alkanes of at least 4 members (excludes halogenated alkanes) is 24. The number of hydrogen-bond acceptors (Lipinski definition) is 1. The van der Waals surface area contributed by atoms with Gasteiger partial charge in [0.1, 0.15) is 0 Å². The molecular formula is C68H138O. The first-order chi connectivity index (χ1) is 32.1. The first-order valence-corrected chi connectivity index (χ1v) is 31.8. The van der Waals surface area contributed by atoms with Gasteiger partial charge in [0, 0.05) is 0 Å². The molecule has 0 spiro atoms. The molecule has 0 fully saturated rings. The fourth-order valence-corrected chi connectivity index (χ4v) is 13.7. The van der Waals surface area contributed by atoms with E-state index < -0.39 is 0 Å². The van der Waals surface area contributed by atoms with Crippen LogP contribution in [-0.4, -0.2) is 11.2 Å². The van der Waals surface area contributed by atoms with Gasteiger partial charge in [-0.1, -0.05) is 345 Å². The van der Waals surface area contributed by atoms with Gasteiger partial charge in [0.05, 0.1) is 11.2 Å². The van der Waals surface area contributed by atoms with Gasteiger partial charge in [-0.05, 0) is 81.8 Å². The van der Waals surface area contributed by atoms with E-state index in [9.17, 15) is 4.74 Å². The number of hydrogen-bond donors (Lipinski definition) is 0. The van der Waals surface area contributed by atoms with Gasteiger partial charge in [-0.2, -0.15) is 0 Å². The molecule has 69 heavy (non-hydrogen) atoms. The lowest BCUT2D eigenvalue weighted by atomic mass is 9.41. The van der Waals surface area contributed by atoms with Crippen molar-refractivity contribution in [2.75, 3.05) is 0 Å². The fourth-order valence-electron chi connectivity index (χ4n) is 13.7. The zero-order chi connectivity index (χ0) is 53.2. The highest BCUT2D eigenvalue weighted by Gasteiger charge is 2.67. The summed E-state index contributed by atoms with van der Waals surface area (Å²) in [5, 5.41) is 0. The summed E-state index contributed by atoms with van der Waals surface area (Å²) in [5.41, 5.74) is -0.192. The van der Waals surface area contributed by atoms with E-state index >= 15 is 0 Å². The minimum Gasteiger partial charge on any atom is -0.367 e. The summed E-state index contributed by atoms with van der Waals surface area (Å²) in [6, 6.07) is 0. The number of rotatable bonds is 46. The van der Waals surface area contributed by atoms with E-state index in [4.69, 9.17) is 0 Å². The van der Waals surface area contributed by atoms with Crippen molar-refractivity contribution in [3.05, 3.63) is 0 Å². The molecule has 0 saturated heterocycles. The molecule has 0 bridgehead atoms. The van der Waals surface area contributed by atoms with Crippen LogP contribution in [0.4, 0.5) is 0 Å². The minimum absolute atomic E-state index is 0.00756. The zero-order valence-corrected chi connectivity index (χ0v) is 52.9. The van der Waals surface area contributed by atoms with Gasteiger partial charge in [0.25, 0.3) is 0 Å². The van der Waals surface area contributed by atoms with Crippen LogP contribution in [0.25, 0.3) is 0 Å². The molecule has 0 amide bonds. The quantitative estimate of drug-likeness (QED) is 0.0553. The maximum Gasteiger partial charge on any atom is 0.0746 e. The summed E-state index contributed by atoms with van der Waals surface area (Å²) in [6.45, 7) is 57.6. The normalized spacial score (nSPS) is 14.3. The van der Waals surface area contributed by atoms with E-state index in [0.29, 0.717) is 0 Å². The Morgan fingerprint density at radius 1 is 0.188 bits per heavy atom. The molecule has 0 atom stereocenters. The molecule has 0 aliphatic heterocycles. The Bertz CT molecular complexity index is 1120. The average Bonchev–Trinajstić information content (AvgIpc) is 3.27. The van der Waals surface area contributed by atoms with Crippen molar-refractivity contribution in [3.63, 3.8) is 0 Å². The molecule has 0 aromatic heterocycles. The minimum atomic E-state index is -0.263. The van der Waals surface area contributed by atoms with Crippen molar-refractivity contribution in [1.29, 1.82) is 0 Å². The SMILES string of the molecule is CCCCCCCCC(CCCCCCCC)(OC(CCCCCCCC)(CCCCCCCC)C(C)(C)C(C)(C)C(C)(C)C(C)(C)CCCCC)C(C)(C)C(C)(C)C(C)(C)C(C)(C)CCCCC. The Morgan fingerprint density at radius 3 is 0.580 bits per heavy atom. The topological polar surface area (TPSA) is 9.23 Å². The van der Waals surface area contributed by atoms with E-state index in [-0.39, 0.29) is 54.5 Å². The van der Waals surface area contributed by atoms with Crippen LogP contribution in [0.15, 0.2) is 0 Å². The Morgan fingerprint density at radius 2 is 0.362 bits per heavy atom. The summed E-state index contributed by atoms with van der Waals surface area (Å²) in [4.78, 5) is 0. The van der Waals surface area contributed by atoms with Gasteiger partial charge in [0.2, 0.25) is 0 Å². The van der Waals surface area contributed by atoms with Crippen molar-refractivity contribution in [2.45, 2.75) is 395 Å². The average molecular weight is 972 g/mol. The van der Waals surface area contributed by atoms with E-state index in [1.165, 1.54) is 231 Å². The highest BCUT2D eigenvalue weighted by atomic mass is 16.5. The maximum absolute atomic E-state index is 9.25. The van der Waals surface area contributed by atoms with Crippen molar-refractivity contribution >= 4 is 0 Å². The molecule has 0 aliphatic carbocycles. The Kier molecular flexibility index (Phi) is 32.4. The van der Waals surface area contributed by atoms with Gasteiger partial charge in [0.15, 0.2) is 0 Å². The fraction of sp³-hybridized carbons (Fsp3) is 1.00. The second-order valence-electron chi connectivity index (χ2n) is 28.6. The first-order valence-electron chi connectivity index (χ1n) is 31.8. The van der Waals surface area contributed by atoms with Crippen LogP contribution in [0, 0.1) is 43.3 Å². The van der Waals surface area contributed by atoms with Crippen molar-refractivity contribution < 1.29 is 4.74 Å². The van der Waals surface area contributed by atoms with Crippen molar-refractivity contribution in [2.24, 2.45) is 43.3 Å². The lowest BCUT2D eigenvalue weighted by Crippen LogP contribution is -2.68. The first kappa shape index (κ1) is 69.0. The Balaban J connectivity index is 8.79. The van der Waals surface area contributed by atoms with Crippen LogP contribution in [0.1, 0.15) is 383 Å². The molecule has 1 heteroatoms. The summed E-state index contributed by atoms with van der Waals surface area (Å²) >= 11 is 0. The van der Waals surface area contributed by atoms with E-state index in [0.717, 1.165) is 0 Å². The third kappa shape index (κ3) is 18.6. The molecule has 0 heterocycles. The van der Waals surface area contributed by atoms with Crippen LogP contribution in [0.3, 0.4) is 0 Å². The molecule has 0 aromatic carbocycles. The monoisotopic (exact) mass is 971 g/mol. The van der Waals surface area contributed by atoms with Crippen LogP contribution in [-0.2, 0) is 4.74 Å². The van der Waals surface area contributed by atoms with E-state index in [1.807, 2.05) is 0 Å². The van der Waals surface area contributed by atoms with Gasteiger partial charge < -0.3 is 4.74 Å². The number of ether oxygens (including phenoxy) is 1. The second kappa shape index (κ2) is 32.4. The van der Waals surface area contributed by atoms with Crippen LogP contribution >= 0.6 is 0 Å². The van der Waals surface area contributed by atoms with Crippen LogP contribution in [0.2, 0.25) is 0 Å². The lowest BCUT2D eigenvalue weighted by Gasteiger charge is -2.69. The maximum atomic E-state index is 9.25. The van der Waals surface area contributed by atoms with Crippen LogP contribution < -0.4 is 0 Å². The van der Waals surface area contributed by atoms with E-state index in [1.54, 1.807) is 0 Å².